The van der Waals surface area contributed by atoms with Gasteiger partial charge in [0.1, 0.15) is 0 Å². The summed E-state index contributed by atoms with van der Waals surface area (Å²) in [5, 5.41) is 3.18. The largest absolute Gasteiger partial charge is 0.344 e. The Bertz CT molecular complexity index is 945. The average Bonchev–Trinajstić information content (AvgIpc) is 3.14. The van der Waals surface area contributed by atoms with Crippen molar-refractivity contribution in [3.8, 4) is 0 Å². The van der Waals surface area contributed by atoms with Crippen molar-refractivity contribution in [1.29, 1.82) is 0 Å². The van der Waals surface area contributed by atoms with Gasteiger partial charge < -0.3 is 5.32 Å². The maximum absolute atomic E-state index is 13.0. The van der Waals surface area contributed by atoms with Crippen LogP contribution in [0, 0.1) is 0 Å². The average molecular weight is 471 g/mol. The summed E-state index contributed by atoms with van der Waals surface area (Å²) in [7, 11) is -3.41. The summed E-state index contributed by atoms with van der Waals surface area (Å²) in [6.07, 6.45) is 4.07. The van der Waals surface area contributed by atoms with Crippen molar-refractivity contribution in [2.75, 3.05) is 45.8 Å². The lowest BCUT2D eigenvalue weighted by atomic mass is 9.99. The molecule has 0 aliphatic carbocycles. The fourth-order valence-corrected chi connectivity index (χ4v) is 6.28. The normalized spacial score (nSPS) is 19.3. The van der Waals surface area contributed by atoms with Crippen LogP contribution in [0.25, 0.3) is 0 Å². The molecule has 0 spiro atoms. The fourth-order valence-electron chi connectivity index (χ4n) is 4.61. The predicted octanol–water partition coefficient (Wildman–Crippen LogP) is 2.63. The number of benzene rings is 2. The molecule has 4 rings (SSSR count). The van der Waals surface area contributed by atoms with Gasteiger partial charge >= 0.3 is 0 Å². The third-order valence-corrected chi connectivity index (χ3v) is 8.52. The van der Waals surface area contributed by atoms with Crippen LogP contribution < -0.4 is 5.32 Å². The minimum absolute atomic E-state index is 0.0588. The molecule has 1 N–H and O–H groups in total. The zero-order valence-corrected chi connectivity index (χ0v) is 19.9. The van der Waals surface area contributed by atoms with E-state index in [4.69, 9.17) is 0 Å². The third kappa shape index (κ3) is 6.20. The fraction of sp³-hybridized carbons (Fsp3) is 0.480. The summed E-state index contributed by atoms with van der Waals surface area (Å²) < 4.78 is 29.3. The smallest absolute Gasteiger partial charge is 0.282 e. The Morgan fingerprint density at radius 2 is 1.21 bits per heavy atom. The van der Waals surface area contributed by atoms with E-state index in [9.17, 15) is 13.2 Å². The molecule has 2 fully saturated rings. The van der Waals surface area contributed by atoms with Crippen LogP contribution >= 0.6 is 0 Å². The van der Waals surface area contributed by atoms with Crippen LogP contribution in [0.2, 0.25) is 0 Å². The lowest BCUT2D eigenvalue weighted by Crippen LogP contribution is -2.54. The molecule has 2 aromatic rings. The molecule has 0 radical (unpaired) electrons. The molecule has 2 heterocycles. The van der Waals surface area contributed by atoms with Gasteiger partial charge in [-0.05, 0) is 24.0 Å². The number of rotatable bonds is 7. The molecule has 0 unspecified atom stereocenters. The Morgan fingerprint density at radius 3 is 1.73 bits per heavy atom. The number of hydrogen-bond acceptors (Lipinski definition) is 4. The first-order valence-electron chi connectivity index (χ1n) is 11.9. The summed E-state index contributed by atoms with van der Waals surface area (Å²) in [5.74, 6) is -0.0588. The third-order valence-electron chi connectivity index (χ3n) is 6.49. The van der Waals surface area contributed by atoms with Gasteiger partial charge in [-0.2, -0.15) is 17.0 Å². The highest BCUT2D eigenvalue weighted by molar-refractivity contribution is 7.86. The second kappa shape index (κ2) is 11.2. The molecule has 0 saturated carbocycles. The quantitative estimate of drug-likeness (QED) is 0.675. The van der Waals surface area contributed by atoms with Gasteiger partial charge in [-0.1, -0.05) is 73.5 Å². The Kier molecular flexibility index (Phi) is 8.14. The van der Waals surface area contributed by atoms with Crippen molar-refractivity contribution in [3.05, 3.63) is 71.8 Å². The van der Waals surface area contributed by atoms with Crippen molar-refractivity contribution in [2.45, 2.75) is 31.7 Å². The molecule has 2 saturated heterocycles. The number of carbonyl (C=O) groups is 1. The van der Waals surface area contributed by atoms with E-state index >= 15 is 0 Å². The zero-order valence-electron chi connectivity index (χ0n) is 19.1. The molecule has 7 nitrogen and oxygen atoms in total. The Hall–Kier alpha value is -2.26. The van der Waals surface area contributed by atoms with Crippen molar-refractivity contribution in [2.24, 2.45) is 0 Å². The molecule has 0 bridgehead atoms. The van der Waals surface area contributed by atoms with E-state index < -0.39 is 10.2 Å². The Morgan fingerprint density at radius 1 is 0.727 bits per heavy atom. The minimum atomic E-state index is -3.41. The van der Waals surface area contributed by atoms with Gasteiger partial charge in [-0.3, -0.25) is 9.69 Å². The van der Waals surface area contributed by atoms with Crippen LogP contribution in [0.3, 0.4) is 0 Å². The van der Waals surface area contributed by atoms with Crippen LogP contribution in [-0.4, -0.2) is 73.6 Å². The van der Waals surface area contributed by atoms with Gasteiger partial charge in [0.2, 0.25) is 5.91 Å². The SMILES string of the molecule is O=C(CN1CCN(S(=O)(=O)N2CCCCCC2)CC1)NC(c1ccccc1)c1ccccc1. The summed E-state index contributed by atoms with van der Waals surface area (Å²) in [6, 6.07) is 19.7. The standard InChI is InChI=1S/C25H34N4O3S/c30-24(26-25(22-11-5-3-6-12-22)23-13-7-4-8-14-23)21-27-17-19-29(20-18-27)33(31,32)28-15-9-1-2-10-16-28/h3-8,11-14,25H,1-2,9-10,15-21H2,(H,26,30). The van der Waals surface area contributed by atoms with Crippen LogP contribution in [0.15, 0.2) is 60.7 Å². The van der Waals surface area contributed by atoms with Crippen molar-refractivity contribution in [3.63, 3.8) is 0 Å². The maximum atomic E-state index is 13.0. The van der Waals surface area contributed by atoms with Crippen molar-refractivity contribution < 1.29 is 13.2 Å². The molecule has 0 aromatic heterocycles. The number of nitrogens with one attached hydrogen (secondary N) is 1. The van der Waals surface area contributed by atoms with E-state index in [0.29, 0.717) is 39.3 Å². The highest BCUT2D eigenvalue weighted by Gasteiger charge is 2.33. The van der Waals surface area contributed by atoms with Gasteiger partial charge in [0, 0.05) is 39.3 Å². The maximum Gasteiger partial charge on any atom is 0.282 e. The summed E-state index contributed by atoms with van der Waals surface area (Å²) in [6.45, 7) is 3.45. The highest BCUT2D eigenvalue weighted by atomic mass is 32.2. The number of nitrogens with zero attached hydrogens (tertiary/aromatic N) is 3. The molecule has 2 aliphatic heterocycles. The molecule has 33 heavy (non-hydrogen) atoms. The van der Waals surface area contributed by atoms with E-state index in [2.05, 4.69) is 5.32 Å². The van der Waals surface area contributed by atoms with Crippen molar-refractivity contribution in [1.82, 2.24) is 18.8 Å². The lowest BCUT2D eigenvalue weighted by molar-refractivity contribution is -0.123. The number of piperazine rings is 1. The second-order valence-electron chi connectivity index (χ2n) is 8.82. The molecule has 2 aromatic carbocycles. The van der Waals surface area contributed by atoms with Crippen molar-refractivity contribution >= 4 is 16.1 Å². The monoisotopic (exact) mass is 470 g/mol. The first-order chi connectivity index (χ1) is 16.0. The van der Waals surface area contributed by atoms with E-state index in [1.807, 2.05) is 65.6 Å². The first kappa shape index (κ1) is 23.9. The van der Waals surface area contributed by atoms with E-state index in [0.717, 1.165) is 36.8 Å². The molecular weight excluding hydrogens is 436 g/mol. The minimum Gasteiger partial charge on any atom is -0.344 e. The second-order valence-corrected chi connectivity index (χ2v) is 10.7. The van der Waals surface area contributed by atoms with Gasteiger partial charge in [0.05, 0.1) is 12.6 Å². The van der Waals surface area contributed by atoms with E-state index in [1.54, 1.807) is 8.61 Å². The summed E-state index contributed by atoms with van der Waals surface area (Å²) >= 11 is 0. The molecule has 0 atom stereocenters. The summed E-state index contributed by atoms with van der Waals surface area (Å²) in [4.78, 5) is 15.0. The van der Waals surface area contributed by atoms with Crippen LogP contribution in [-0.2, 0) is 15.0 Å². The first-order valence-corrected chi connectivity index (χ1v) is 13.3. The predicted molar refractivity (Wildman–Crippen MR) is 130 cm³/mol. The summed E-state index contributed by atoms with van der Waals surface area (Å²) in [5.41, 5.74) is 2.07. The van der Waals surface area contributed by atoms with Gasteiger partial charge in [-0.15, -0.1) is 0 Å². The number of hydrogen-bond donors (Lipinski definition) is 1. The van der Waals surface area contributed by atoms with E-state index in [1.165, 1.54) is 0 Å². The van der Waals surface area contributed by atoms with E-state index in [-0.39, 0.29) is 18.5 Å². The van der Waals surface area contributed by atoms with Crippen LogP contribution in [0.4, 0.5) is 0 Å². The topological polar surface area (TPSA) is 73.0 Å². The molecule has 8 heteroatoms. The molecular formula is C25H34N4O3S. The zero-order chi connectivity index (χ0) is 23.1. The molecule has 1 amide bonds. The van der Waals surface area contributed by atoms with Crippen LogP contribution in [0.1, 0.15) is 42.9 Å². The van der Waals surface area contributed by atoms with Gasteiger partial charge in [0.25, 0.3) is 10.2 Å². The number of amides is 1. The molecule has 178 valence electrons. The van der Waals surface area contributed by atoms with Gasteiger partial charge in [-0.25, -0.2) is 0 Å². The van der Waals surface area contributed by atoms with Gasteiger partial charge in [0.15, 0.2) is 0 Å². The Balaban J connectivity index is 1.34. The highest BCUT2D eigenvalue weighted by Crippen LogP contribution is 2.22. The molecule has 2 aliphatic rings. The lowest BCUT2D eigenvalue weighted by Gasteiger charge is -2.36. The van der Waals surface area contributed by atoms with Crippen LogP contribution in [0.5, 0.6) is 0 Å². The number of carbonyl (C=O) groups excluding carboxylic acids is 1. The Labute approximate surface area is 197 Å².